The van der Waals surface area contributed by atoms with Crippen molar-refractivity contribution in [3.63, 3.8) is 0 Å². The van der Waals surface area contributed by atoms with Gasteiger partial charge in [-0.25, -0.2) is 0 Å². The van der Waals surface area contributed by atoms with Gasteiger partial charge in [0.15, 0.2) is 8.32 Å². The number of fused-ring (bicyclic) bond motifs is 1. The van der Waals surface area contributed by atoms with Crippen LogP contribution in [0, 0.1) is 5.92 Å². The van der Waals surface area contributed by atoms with Crippen LogP contribution in [0.25, 0.3) is 0 Å². The fourth-order valence-electron chi connectivity index (χ4n) is 2.83. The van der Waals surface area contributed by atoms with Gasteiger partial charge in [0.1, 0.15) is 0 Å². The molecule has 16 heavy (non-hydrogen) atoms. The van der Waals surface area contributed by atoms with E-state index in [0.717, 1.165) is 5.92 Å². The van der Waals surface area contributed by atoms with Crippen molar-refractivity contribution in [2.24, 2.45) is 5.92 Å². The summed E-state index contributed by atoms with van der Waals surface area (Å²) in [5.74, 6) is 0.955. The van der Waals surface area contributed by atoms with Crippen LogP contribution in [0.15, 0.2) is 0 Å². The smallest absolute Gasteiger partial charge is 0.186 e. The second-order valence-corrected chi connectivity index (χ2v) is 10.5. The van der Waals surface area contributed by atoms with E-state index >= 15 is 0 Å². The van der Waals surface area contributed by atoms with Crippen LogP contribution in [-0.2, 0) is 9.16 Å². The molecule has 3 atom stereocenters. The van der Waals surface area contributed by atoms with Gasteiger partial charge in [-0.15, -0.1) is 0 Å². The predicted octanol–water partition coefficient (Wildman–Crippen LogP) is 3.58. The minimum absolute atomic E-state index is 0.656. The van der Waals surface area contributed by atoms with Crippen molar-refractivity contribution in [2.75, 3.05) is 7.11 Å². The molecule has 1 aliphatic heterocycles. The van der Waals surface area contributed by atoms with E-state index in [0.29, 0.717) is 12.2 Å². The van der Waals surface area contributed by atoms with E-state index in [4.69, 9.17) is 9.16 Å². The molecule has 94 valence electrons. The number of rotatable bonds is 6. The Bertz CT molecular complexity index is 230. The first kappa shape index (κ1) is 12.6. The van der Waals surface area contributed by atoms with Gasteiger partial charge in [0.25, 0.3) is 0 Å². The molecule has 1 heterocycles. The zero-order valence-electron chi connectivity index (χ0n) is 11.0. The molecule has 3 unspecified atom stereocenters. The largest absolute Gasteiger partial charge is 0.420 e. The van der Waals surface area contributed by atoms with E-state index in [1.54, 1.807) is 0 Å². The second-order valence-electron chi connectivity index (χ2n) is 6.10. The summed E-state index contributed by atoms with van der Waals surface area (Å²) in [5.41, 5.74) is 0. The Hall–Kier alpha value is 0.137. The summed E-state index contributed by atoms with van der Waals surface area (Å²) < 4.78 is 11.1. The van der Waals surface area contributed by atoms with E-state index in [2.05, 4.69) is 13.1 Å². The zero-order chi connectivity index (χ0) is 11.6. The van der Waals surface area contributed by atoms with Gasteiger partial charge in [-0.1, -0.05) is 19.3 Å². The molecule has 2 rings (SSSR count). The molecule has 0 amide bonds. The van der Waals surface area contributed by atoms with Gasteiger partial charge in [-0.05, 0) is 44.3 Å². The summed E-state index contributed by atoms with van der Waals surface area (Å²) in [7, 11) is 0.579. The van der Waals surface area contributed by atoms with Gasteiger partial charge in [0, 0.05) is 7.11 Å². The average Bonchev–Trinajstić information content (AvgIpc) is 3.02. The highest BCUT2D eigenvalue weighted by molar-refractivity contribution is 6.71. The molecule has 0 aromatic carbocycles. The molecular weight excluding hydrogens is 216 g/mol. The first-order valence-electron chi connectivity index (χ1n) is 6.81. The highest BCUT2D eigenvalue weighted by atomic mass is 28.4. The van der Waals surface area contributed by atoms with Gasteiger partial charge < -0.3 is 9.16 Å². The average molecular weight is 242 g/mol. The first-order valence-corrected chi connectivity index (χ1v) is 9.93. The number of epoxide rings is 1. The minimum atomic E-state index is -1.29. The number of hydrogen-bond acceptors (Lipinski definition) is 2. The Kier molecular flexibility index (Phi) is 4.09. The van der Waals surface area contributed by atoms with Crippen LogP contribution in [0.4, 0.5) is 0 Å². The number of ether oxygens (including phenoxy) is 1. The number of hydrogen-bond donors (Lipinski definition) is 0. The van der Waals surface area contributed by atoms with Crippen LogP contribution >= 0.6 is 0 Å². The molecule has 0 radical (unpaired) electrons. The Labute approximate surface area is 101 Å². The lowest BCUT2D eigenvalue weighted by Gasteiger charge is -2.21. The van der Waals surface area contributed by atoms with Crippen molar-refractivity contribution in [1.29, 1.82) is 0 Å². The summed E-state index contributed by atoms with van der Waals surface area (Å²) in [4.78, 5) is 0. The SMILES string of the molecule is CO[Si](C)(C)CCCCC1CCC2OC2C1. The molecule has 0 bridgehead atoms. The second kappa shape index (κ2) is 5.19. The van der Waals surface area contributed by atoms with Crippen LogP contribution in [0.2, 0.25) is 19.1 Å². The lowest BCUT2D eigenvalue weighted by atomic mass is 9.86. The van der Waals surface area contributed by atoms with Crippen LogP contribution in [0.5, 0.6) is 0 Å². The molecule has 0 aromatic heterocycles. The third kappa shape index (κ3) is 3.57. The Morgan fingerprint density at radius 2 is 2.00 bits per heavy atom. The molecule has 0 aromatic rings. The van der Waals surface area contributed by atoms with Crippen LogP contribution in [0.3, 0.4) is 0 Å². The van der Waals surface area contributed by atoms with Gasteiger partial charge in [0.2, 0.25) is 0 Å². The van der Waals surface area contributed by atoms with Crippen molar-refractivity contribution in [3.8, 4) is 0 Å². The summed E-state index contributed by atoms with van der Waals surface area (Å²) in [6, 6.07) is 1.32. The van der Waals surface area contributed by atoms with Gasteiger partial charge in [-0.2, -0.15) is 0 Å². The third-order valence-corrected chi connectivity index (χ3v) is 6.97. The van der Waals surface area contributed by atoms with Crippen molar-refractivity contribution in [3.05, 3.63) is 0 Å². The van der Waals surface area contributed by atoms with Crippen molar-refractivity contribution in [1.82, 2.24) is 0 Å². The molecule has 3 heteroatoms. The summed E-state index contributed by atoms with van der Waals surface area (Å²) in [6.45, 7) is 4.63. The minimum Gasteiger partial charge on any atom is -0.420 e. The molecule has 0 spiro atoms. The Morgan fingerprint density at radius 1 is 1.19 bits per heavy atom. The highest BCUT2D eigenvalue weighted by Gasteiger charge is 2.43. The van der Waals surface area contributed by atoms with E-state index < -0.39 is 8.32 Å². The maximum absolute atomic E-state index is 5.57. The standard InChI is InChI=1S/C13H26O2Si/c1-14-16(2,3)9-5-4-6-11-7-8-12-13(10-11)15-12/h11-13H,4-10H2,1-3H3. The fraction of sp³-hybridized carbons (Fsp3) is 1.00. The first-order chi connectivity index (χ1) is 7.61. The van der Waals surface area contributed by atoms with E-state index in [1.807, 2.05) is 7.11 Å². The quantitative estimate of drug-likeness (QED) is 0.403. The third-order valence-electron chi connectivity index (χ3n) is 4.31. The van der Waals surface area contributed by atoms with Gasteiger partial charge in [0.05, 0.1) is 12.2 Å². The molecule has 1 saturated carbocycles. The van der Waals surface area contributed by atoms with Crippen molar-refractivity contribution in [2.45, 2.75) is 69.9 Å². The molecule has 2 fully saturated rings. The zero-order valence-corrected chi connectivity index (χ0v) is 12.0. The predicted molar refractivity (Wildman–Crippen MR) is 69.2 cm³/mol. The molecular formula is C13H26O2Si. The Morgan fingerprint density at radius 3 is 2.69 bits per heavy atom. The lowest BCUT2D eigenvalue weighted by molar-refractivity contribution is 0.344. The fourth-order valence-corrected chi connectivity index (χ4v) is 4.14. The van der Waals surface area contributed by atoms with Crippen LogP contribution in [-0.4, -0.2) is 27.6 Å². The Balaban J connectivity index is 1.54. The molecule has 1 saturated heterocycles. The lowest BCUT2D eigenvalue weighted by Crippen LogP contribution is -2.28. The maximum atomic E-state index is 5.57. The highest BCUT2D eigenvalue weighted by Crippen LogP contribution is 2.41. The summed E-state index contributed by atoms with van der Waals surface area (Å²) in [6.07, 6.45) is 9.57. The van der Waals surface area contributed by atoms with Crippen LogP contribution < -0.4 is 0 Å². The van der Waals surface area contributed by atoms with Crippen molar-refractivity contribution < 1.29 is 9.16 Å². The van der Waals surface area contributed by atoms with Gasteiger partial charge >= 0.3 is 0 Å². The maximum Gasteiger partial charge on any atom is 0.186 e. The monoisotopic (exact) mass is 242 g/mol. The molecule has 2 aliphatic rings. The van der Waals surface area contributed by atoms with Crippen LogP contribution in [0.1, 0.15) is 38.5 Å². The topological polar surface area (TPSA) is 21.8 Å². The van der Waals surface area contributed by atoms with E-state index in [9.17, 15) is 0 Å². The van der Waals surface area contributed by atoms with E-state index in [1.165, 1.54) is 44.6 Å². The normalized spacial score (nSPS) is 33.6. The summed E-state index contributed by atoms with van der Waals surface area (Å²) >= 11 is 0. The summed E-state index contributed by atoms with van der Waals surface area (Å²) in [5, 5.41) is 0. The molecule has 1 aliphatic carbocycles. The molecule has 0 N–H and O–H groups in total. The van der Waals surface area contributed by atoms with E-state index in [-0.39, 0.29) is 0 Å². The van der Waals surface area contributed by atoms with Crippen molar-refractivity contribution >= 4 is 8.32 Å². The number of unbranched alkanes of at least 4 members (excludes halogenated alkanes) is 1. The molecule has 2 nitrogen and oxygen atoms in total. The van der Waals surface area contributed by atoms with Gasteiger partial charge in [-0.3, -0.25) is 0 Å².